The summed E-state index contributed by atoms with van der Waals surface area (Å²) in [5, 5.41) is 7.11. The molecule has 0 aliphatic rings. The third kappa shape index (κ3) is 2.49. The molecule has 0 unspecified atom stereocenters. The number of rotatable bonds is 4. The highest BCUT2D eigenvalue weighted by atomic mass is 16.5. The van der Waals surface area contributed by atoms with Crippen LogP contribution >= 0.6 is 0 Å². The number of hydrogen-bond donors (Lipinski definition) is 1. The maximum atomic E-state index is 5.18. The second-order valence-electron chi connectivity index (χ2n) is 4.00. The molecule has 0 saturated heterocycles. The Morgan fingerprint density at radius 1 is 1.44 bits per heavy atom. The Morgan fingerprint density at radius 2 is 2.25 bits per heavy atom. The maximum Gasteiger partial charge on any atom is 0.261 e. The molecule has 2 aromatic heterocycles. The van der Waals surface area contributed by atoms with E-state index < -0.39 is 0 Å². The molecule has 0 fully saturated rings. The largest absolute Gasteiger partial charge is 0.469 e. The zero-order valence-electron chi connectivity index (χ0n) is 9.65. The van der Waals surface area contributed by atoms with Gasteiger partial charge in [-0.2, -0.15) is 4.98 Å². The first-order valence-electron chi connectivity index (χ1n) is 5.26. The lowest BCUT2D eigenvalue weighted by Gasteiger charge is -2.02. The van der Waals surface area contributed by atoms with Gasteiger partial charge in [0.1, 0.15) is 12.0 Å². The zero-order chi connectivity index (χ0) is 11.5. The first kappa shape index (κ1) is 10.9. The summed E-state index contributed by atoms with van der Waals surface area (Å²) in [5.74, 6) is 1.98. The summed E-state index contributed by atoms with van der Waals surface area (Å²) in [6, 6.07) is 2.27. The van der Waals surface area contributed by atoms with Gasteiger partial charge in [0.25, 0.3) is 5.89 Å². The summed E-state index contributed by atoms with van der Waals surface area (Å²) >= 11 is 0. The molecule has 2 rings (SSSR count). The van der Waals surface area contributed by atoms with E-state index in [9.17, 15) is 0 Å². The van der Waals surface area contributed by atoms with Gasteiger partial charge in [0.2, 0.25) is 0 Å². The van der Waals surface area contributed by atoms with Crippen LogP contribution in [0.4, 0.5) is 0 Å². The fourth-order valence-electron chi connectivity index (χ4n) is 1.29. The number of nitrogens with one attached hydrogen (secondary N) is 1. The van der Waals surface area contributed by atoms with E-state index in [1.165, 1.54) is 0 Å². The van der Waals surface area contributed by atoms with E-state index in [0.29, 0.717) is 24.3 Å². The van der Waals surface area contributed by atoms with E-state index in [0.717, 1.165) is 11.3 Å². The van der Waals surface area contributed by atoms with Crippen LogP contribution in [-0.2, 0) is 6.54 Å². The average Bonchev–Trinajstić information content (AvgIpc) is 2.83. The minimum atomic E-state index is 0.401. The fourth-order valence-corrected chi connectivity index (χ4v) is 1.29. The number of aryl methyl sites for hydroxylation is 1. The molecule has 2 heterocycles. The van der Waals surface area contributed by atoms with Gasteiger partial charge in [-0.25, -0.2) is 0 Å². The summed E-state index contributed by atoms with van der Waals surface area (Å²) in [6.07, 6.45) is 1.61. The van der Waals surface area contributed by atoms with Gasteiger partial charge in [-0.3, -0.25) is 0 Å². The van der Waals surface area contributed by atoms with Crippen molar-refractivity contribution in [3.05, 3.63) is 23.9 Å². The van der Waals surface area contributed by atoms with E-state index in [4.69, 9.17) is 8.94 Å². The molecule has 0 aliphatic heterocycles. The van der Waals surface area contributed by atoms with Crippen molar-refractivity contribution in [3.63, 3.8) is 0 Å². The van der Waals surface area contributed by atoms with Crippen molar-refractivity contribution >= 4 is 0 Å². The van der Waals surface area contributed by atoms with Crippen molar-refractivity contribution in [2.24, 2.45) is 0 Å². The van der Waals surface area contributed by atoms with Crippen LogP contribution in [0.15, 0.2) is 21.3 Å². The molecular weight excluding hydrogens is 206 g/mol. The Kier molecular flexibility index (Phi) is 3.05. The predicted octanol–water partition coefficient (Wildman–Crippen LogP) is 2.14. The molecule has 0 spiro atoms. The SMILES string of the molecule is Cc1cc(-c2nc(CNC(C)C)no2)co1. The van der Waals surface area contributed by atoms with Crippen LogP contribution in [0.1, 0.15) is 25.4 Å². The molecule has 0 saturated carbocycles. The van der Waals surface area contributed by atoms with Crippen molar-refractivity contribution in [2.75, 3.05) is 0 Å². The van der Waals surface area contributed by atoms with Crippen LogP contribution in [-0.4, -0.2) is 16.2 Å². The molecule has 5 heteroatoms. The van der Waals surface area contributed by atoms with Crippen molar-refractivity contribution in [2.45, 2.75) is 33.4 Å². The summed E-state index contributed by atoms with van der Waals surface area (Å²) in [4.78, 5) is 4.27. The Hall–Kier alpha value is -1.62. The van der Waals surface area contributed by atoms with Gasteiger partial charge in [-0.15, -0.1) is 0 Å². The molecule has 16 heavy (non-hydrogen) atoms. The number of aromatic nitrogens is 2. The van der Waals surface area contributed by atoms with E-state index in [-0.39, 0.29) is 0 Å². The highest BCUT2D eigenvalue weighted by Crippen LogP contribution is 2.19. The van der Waals surface area contributed by atoms with Gasteiger partial charge in [0, 0.05) is 6.04 Å². The van der Waals surface area contributed by atoms with Gasteiger partial charge >= 0.3 is 0 Å². The number of furan rings is 1. The summed E-state index contributed by atoms with van der Waals surface area (Å²) in [7, 11) is 0. The Morgan fingerprint density at radius 3 is 2.88 bits per heavy atom. The molecule has 2 aromatic rings. The smallest absolute Gasteiger partial charge is 0.261 e. The lowest BCUT2D eigenvalue weighted by molar-refractivity contribution is 0.416. The maximum absolute atomic E-state index is 5.18. The third-order valence-corrected chi connectivity index (χ3v) is 2.11. The zero-order valence-corrected chi connectivity index (χ0v) is 9.65. The van der Waals surface area contributed by atoms with Gasteiger partial charge in [0.15, 0.2) is 5.82 Å². The first-order chi connectivity index (χ1) is 7.65. The average molecular weight is 221 g/mol. The Bertz CT molecular complexity index is 459. The molecule has 1 N–H and O–H groups in total. The fraction of sp³-hybridized carbons (Fsp3) is 0.455. The monoisotopic (exact) mass is 221 g/mol. The van der Waals surface area contributed by atoms with Crippen molar-refractivity contribution < 1.29 is 8.94 Å². The highest BCUT2D eigenvalue weighted by Gasteiger charge is 2.10. The van der Waals surface area contributed by atoms with Crippen molar-refractivity contribution in [1.29, 1.82) is 0 Å². The summed E-state index contributed by atoms with van der Waals surface area (Å²) < 4.78 is 10.3. The van der Waals surface area contributed by atoms with Gasteiger partial charge in [-0.05, 0) is 13.0 Å². The van der Waals surface area contributed by atoms with Gasteiger partial charge in [0.05, 0.1) is 12.1 Å². The quantitative estimate of drug-likeness (QED) is 0.856. The van der Waals surface area contributed by atoms with Crippen LogP contribution in [0.3, 0.4) is 0 Å². The summed E-state index contributed by atoms with van der Waals surface area (Å²) in [5.41, 5.74) is 0.820. The molecule has 5 nitrogen and oxygen atoms in total. The number of hydrogen-bond acceptors (Lipinski definition) is 5. The van der Waals surface area contributed by atoms with Crippen molar-refractivity contribution in [1.82, 2.24) is 15.5 Å². The van der Waals surface area contributed by atoms with Crippen LogP contribution in [0.2, 0.25) is 0 Å². The summed E-state index contributed by atoms with van der Waals surface area (Å²) in [6.45, 7) is 6.62. The topological polar surface area (TPSA) is 64.1 Å². The van der Waals surface area contributed by atoms with Crippen LogP contribution < -0.4 is 5.32 Å². The van der Waals surface area contributed by atoms with Crippen molar-refractivity contribution in [3.8, 4) is 11.5 Å². The highest BCUT2D eigenvalue weighted by molar-refractivity contribution is 5.51. The van der Waals surface area contributed by atoms with Gasteiger partial charge in [-0.1, -0.05) is 19.0 Å². The second kappa shape index (κ2) is 4.49. The molecule has 0 amide bonds. The van der Waals surface area contributed by atoms with Crippen LogP contribution in [0.5, 0.6) is 0 Å². The van der Waals surface area contributed by atoms with Gasteiger partial charge < -0.3 is 14.3 Å². The first-order valence-corrected chi connectivity index (χ1v) is 5.26. The molecule has 0 atom stereocenters. The molecule has 0 aromatic carbocycles. The standard InChI is InChI=1S/C11H15N3O2/c1-7(2)12-5-10-13-11(16-14-10)9-4-8(3)15-6-9/h4,6-7,12H,5H2,1-3H3. The van der Waals surface area contributed by atoms with E-state index in [1.54, 1.807) is 6.26 Å². The molecule has 0 aliphatic carbocycles. The van der Waals surface area contributed by atoms with Crippen LogP contribution in [0.25, 0.3) is 11.5 Å². The van der Waals surface area contributed by atoms with E-state index in [1.807, 2.05) is 13.0 Å². The third-order valence-electron chi connectivity index (χ3n) is 2.11. The molecule has 0 radical (unpaired) electrons. The van der Waals surface area contributed by atoms with E-state index >= 15 is 0 Å². The Balaban J connectivity index is 2.07. The Labute approximate surface area is 93.8 Å². The second-order valence-corrected chi connectivity index (χ2v) is 4.00. The molecule has 86 valence electrons. The number of nitrogens with zero attached hydrogens (tertiary/aromatic N) is 2. The molecular formula is C11H15N3O2. The predicted molar refractivity (Wildman–Crippen MR) is 58.7 cm³/mol. The minimum absolute atomic E-state index is 0.401. The minimum Gasteiger partial charge on any atom is -0.469 e. The lowest BCUT2D eigenvalue weighted by atomic mass is 10.3. The normalized spacial score (nSPS) is 11.2. The van der Waals surface area contributed by atoms with E-state index in [2.05, 4.69) is 29.3 Å². The lowest BCUT2D eigenvalue weighted by Crippen LogP contribution is -2.22. The van der Waals surface area contributed by atoms with Crippen LogP contribution in [0, 0.1) is 6.92 Å². The molecule has 0 bridgehead atoms.